The molecule has 0 unspecified atom stereocenters. The Morgan fingerprint density at radius 2 is 1.72 bits per heavy atom. The van der Waals surface area contributed by atoms with Gasteiger partial charge in [-0.15, -0.1) is 11.3 Å². The van der Waals surface area contributed by atoms with Crippen molar-refractivity contribution in [2.75, 3.05) is 32.9 Å². The Balaban J connectivity index is 1.32. The first-order chi connectivity index (χ1) is 17.5. The second kappa shape index (κ2) is 10.6. The van der Waals surface area contributed by atoms with Gasteiger partial charge in [0.25, 0.3) is 0 Å². The van der Waals surface area contributed by atoms with Crippen LogP contribution in [0.15, 0.2) is 66.7 Å². The summed E-state index contributed by atoms with van der Waals surface area (Å²) in [5, 5.41) is 20.2. The number of hydrogen-bond acceptors (Lipinski definition) is 7. The highest BCUT2D eigenvalue weighted by Crippen LogP contribution is 2.43. The van der Waals surface area contributed by atoms with Crippen molar-refractivity contribution in [3.05, 3.63) is 77.2 Å². The lowest BCUT2D eigenvalue weighted by molar-refractivity contribution is 0.104. The molecule has 1 aromatic heterocycles. The molecule has 2 heterocycles. The molecule has 0 radical (unpaired) electrons. The first-order valence-corrected chi connectivity index (χ1v) is 12.6. The van der Waals surface area contributed by atoms with E-state index < -0.39 is 0 Å². The van der Waals surface area contributed by atoms with Gasteiger partial charge in [-0.25, -0.2) is 0 Å². The molecule has 0 saturated carbocycles. The highest BCUT2D eigenvalue weighted by molar-refractivity contribution is 7.21. The number of benzene rings is 3. The molecule has 6 nitrogen and oxygen atoms in total. The topological polar surface area (TPSA) is 79.2 Å². The van der Waals surface area contributed by atoms with Gasteiger partial charge in [-0.1, -0.05) is 0 Å². The number of nitrogens with zero attached hydrogens (tertiary/aromatic N) is 1. The second-order valence-corrected chi connectivity index (χ2v) is 9.90. The van der Waals surface area contributed by atoms with Gasteiger partial charge in [0, 0.05) is 34.7 Å². The minimum absolute atomic E-state index is 0.0796. The summed E-state index contributed by atoms with van der Waals surface area (Å²) >= 11 is 1.24. The maximum atomic E-state index is 13.3. The molecule has 3 aromatic carbocycles. The summed E-state index contributed by atoms with van der Waals surface area (Å²) in [6.45, 7) is 2.70. The third kappa shape index (κ3) is 5.29. The van der Waals surface area contributed by atoms with Crippen molar-refractivity contribution in [3.63, 3.8) is 0 Å². The van der Waals surface area contributed by atoms with E-state index in [-0.39, 0.29) is 29.9 Å². The van der Waals surface area contributed by atoms with Gasteiger partial charge in [0.1, 0.15) is 34.5 Å². The Kier molecular flexibility index (Phi) is 7.06. The van der Waals surface area contributed by atoms with E-state index in [1.807, 2.05) is 12.1 Å². The summed E-state index contributed by atoms with van der Waals surface area (Å²) in [5.74, 6) is 1.75. The van der Waals surface area contributed by atoms with Gasteiger partial charge < -0.3 is 19.7 Å². The SMILES string of the molecule is O=C(c1ccc(O)cc1)c1sc2cc(O)ccc2c1Oc1ccc(OCCN2CC[C@H](CF)C2)cc1. The Morgan fingerprint density at radius 1 is 1.00 bits per heavy atom. The number of thiophene rings is 1. The Bertz CT molecular complexity index is 1350. The predicted molar refractivity (Wildman–Crippen MR) is 138 cm³/mol. The molecule has 0 spiro atoms. The fraction of sp³-hybridized carbons (Fsp3) is 0.250. The van der Waals surface area contributed by atoms with Crippen LogP contribution in [0.5, 0.6) is 28.7 Å². The largest absolute Gasteiger partial charge is 0.508 e. The van der Waals surface area contributed by atoms with E-state index in [1.165, 1.54) is 23.5 Å². The predicted octanol–water partition coefficient (Wildman–Crippen LogP) is 6.01. The molecule has 1 aliphatic heterocycles. The number of likely N-dealkylation sites (tertiary alicyclic amines) is 1. The smallest absolute Gasteiger partial charge is 0.206 e. The van der Waals surface area contributed by atoms with Crippen molar-refractivity contribution in [3.8, 4) is 28.7 Å². The fourth-order valence-corrected chi connectivity index (χ4v) is 5.44. The number of carbonyl (C=O) groups is 1. The van der Waals surface area contributed by atoms with Crippen LogP contribution in [-0.4, -0.2) is 53.8 Å². The van der Waals surface area contributed by atoms with Crippen molar-refractivity contribution in [2.45, 2.75) is 6.42 Å². The van der Waals surface area contributed by atoms with Gasteiger partial charge in [-0.05, 0) is 79.7 Å². The number of carbonyl (C=O) groups excluding carboxylic acids is 1. The van der Waals surface area contributed by atoms with Gasteiger partial charge in [0.15, 0.2) is 5.75 Å². The number of rotatable bonds is 9. The van der Waals surface area contributed by atoms with Crippen LogP contribution in [0, 0.1) is 5.92 Å². The summed E-state index contributed by atoms with van der Waals surface area (Å²) in [6, 6.07) is 18.1. The molecule has 0 aliphatic carbocycles. The minimum atomic E-state index is -0.262. The Morgan fingerprint density at radius 3 is 2.44 bits per heavy atom. The number of hydrogen-bond donors (Lipinski definition) is 2. The monoisotopic (exact) mass is 507 g/mol. The summed E-state index contributed by atoms with van der Waals surface area (Å²) in [6.07, 6.45) is 0.899. The molecule has 1 atom stereocenters. The number of alkyl halides is 1. The molecule has 1 fully saturated rings. The lowest BCUT2D eigenvalue weighted by atomic mass is 10.1. The summed E-state index contributed by atoms with van der Waals surface area (Å²) < 4.78 is 25.6. The lowest BCUT2D eigenvalue weighted by Gasteiger charge is -2.16. The van der Waals surface area contributed by atoms with Crippen LogP contribution < -0.4 is 9.47 Å². The van der Waals surface area contributed by atoms with E-state index in [0.29, 0.717) is 34.3 Å². The zero-order chi connectivity index (χ0) is 25.1. The molecular weight excluding hydrogens is 481 g/mol. The zero-order valence-corrected chi connectivity index (χ0v) is 20.3. The Hall–Kier alpha value is -3.62. The third-order valence-corrected chi connectivity index (χ3v) is 7.40. The van der Waals surface area contributed by atoms with E-state index in [0.717, 1.165) is 36.1 Å². The molecule has 1 aliphatic rings. The van der Waals surface area contributed by atoms with Gasteiger partial charge in [0.2, 0.25) is 5.78 Å². The standard InChI is InChI=1S/C28H26FNO5S/c29-16-18-11-12-30(17-18)13-14-34-22-6-8-23(9-7-22)35-27-24-10-5-21(32)15-25(24)36-28(27)26(33)19-1-3-20(31)4-2-19/h1-10,15,18,31-32H,11-14,16-17H2/t18-/m1/s1. The molecule has 2 N–H and O–H groups in total. The minimum Gasteiger partial charge on any atom is -0.508 e. The second-order valence-electron chi connectivity index (χ2n) is 8.85. The third-order valence-electron chi connectivity index (χ3n) is 6.27. The number of ketones is 1. The Labute approximate surface area is 212 Å². The van der Waals surface area contributed by atoms with Crippen molar-refractivity contribution in [1.82, 2.24) is 4.90 Å². The van der Waals surface area contributed by atoms with Crippen molar-refractivity contribution >= 4 is 27.2 Å². The first-order valence-electron chi connectivity index (χ1n) is 11.8. The quantitative estimate of drug-likeness (QED) is 0.270. The number of phenols is 2. The van der Waals surface area contributed by atoms with Crippen molar-refractivity contribution < 1.29 is 28.9 Å². The average Bonchev–Trinajstić information content (AvgIpc) is 3.49. The van der Waals surface area contributed by atoms with Crippen LogP contribution in [0.4, 0.5) is 4.39 Å². The number of halogens is 1. The van der Waals surface area contributed by atoms with E-state index in [2.05, 4.69) is 4.90 Å². The molecular formula is C28H26FNO5S. The molecule has 0 amide bonds. The zero-order valence-electron chi connectivity index (χ0n) is 19.5. The molecule has 8 heteroatoms. The highest BCUT2D eigenvalue weighted by Gasteiger charge is 2.23. The van der Waals surface area contributed by atoms with Crippen molar-refractivity contribution in [1.29, 1.82) is 0 Å². The van der Waals surface area contributed by atoms with Crippen LogP contribution in [0.2, 0.25) is 0 Å². The van der Waals surface area contributed by atoms with Crippen LogP contribution in [0.25, 0.3) is 10.1 Å². The summed E-state index contributed by atoms with van der Waals surface area (Å²) in [7, 11) is 0. The summed E-state index contributed by atoms with van der Waals surface area (Å²) in [5.41, 5.74) is 0.424. The number of aromatic hydroxyl groups is 2. The molecule has 186 valence electrons. The normalized spacial score (nSPS) is 15.9. The van der Waals surface area contributed by atoms with E-state index in [1.54, 1.807) is 42.5 Å². The van der Waals surface area contributed by atoms with Gasteiger partial charge in [-0.3, -0.25) is 14.1 Å². The van der Waals surface area contributed by atoms with Gasteiger partial charge in [-0.2, -0.15) is 0 Å². The van der Waals surface area contributed by atoms with Gasteiger partial charge >= 0.3 is 0 Å². The van der Waals surface area contributed by atoms with Crippen LogP contribution >= 0.6 is 11.3 Å². The molecule has 5 rings (SSSR count). The van der Waals surface area contributed by atoms with Crippen LogP contribution in [0.1, 0.15) is 21.7 Å². The van der Waals surface area contributed by atoms with Crippen molar-refractivity contribution in [2.24, 2.45) is 5.92 Å². The van der Waals surface area contributed by atoms with Crippen LogP contribution in [0.3, 0.4) is 0 Å². The number of phenolic OH excluding ortho intramolecular Hbond substituents is 2. The molecule has 0 bridgehead atoms. The average molecular weight is 508 g/mol. The van der Waals surface area contributed by atoms with E-state index >= 15 is 0 Å². The lowest BCUT2D eigenvalue weighted by Crippen LogP contribution is -2.26. The molecule has 36 heavy (non-hydrogen) atoms. The molecule has 1 saturated heterocycles. The fourth-order valence-electron chi connectivity index (χ4n) is 4.31. The highest BCUT2D eigenvalue weighted by atomic mass is 32.1. The van der Waals surface area contributed by atoms with E-state index in [9.17, 15) is 19.4 Å². The van der Waals surface area contributed by atoms with Gasteiger partial charge in [0.05, 0.1) is 6.67 Å². The maximum absolute atomic E-state index is 13.3. The summed E-state index contributed by atoms with van der Waals surface area (Å²) in [4.78, 5) is 15.9. The maximum Gasteiger partial charge on any atom is 0.206 e. The number of fused-ring (bicyclic) bond motifs is 1. The molecule has 4 aromatic rings. The number of ether oxygens (including phenoxy) is 2. The van der Waals surface area contributed by atoms with E-state index in [4.69, 9.17) is 9.47 Å². The first kappa shape index (κ1) is 24.1. The van der Waals surface area contributed by atoms with Crippen LogP contribution in [-0.2, 0) is 0 Å².